The van der Waals surface area contributed by atoms with Crippen LogP contribution in [-0.2, 0) is 16.0 Å². The summed E-state index contributed by atoms with van der Waals surface area (Å²) in [5.41, 5.74) is 1.09. The van der Waals surface area contributed by atoms with E-state index < -0.39 is 0 Å². The lowest BCUT2D eigenvalue weighted by Gasteiger charge is -2.16. The molecule has 1 aliphatic heterocycles. The van der Waals surface area contributed by atoms with Crippen LogP contribution in [0.15, 0.2) is 15.2 Å². The summed E-state index contributed by atoms with van der Waals surface area (Å²) < 4.78 is 11.7. The van der Waals surface area contributed by atoms with Crippen LogP contribution < -0.4 is 5.32 Å². The standard InChI is InChI=1S/C12H17BrN2O3S/c1-17-9-6-15(7-10(9)18-2)12(16)14-5-8-3-4-19-11(8)13/h3-4,9-10H,5-7H2,1-2H3,(H,14,16)/t9-,10+. The molecule has 0 aromatic carbocycles. The summed E-state index contributed by atoms with van der Waals surface area (Å²) in [7, 11) is 3.28. The molecule has 0 saturated carbocycles. The number of urea groups is 1. The van der Waals surface area contributed by atoms with E-state index in [2.05, 4.69) is 21.2 Å². The molecular weight excluding hydrogens is 332 g/mol. The highest BCUT2D eigenvalue weighted by Crippen LogP contribution is 2.23. The lowest BCUT2D eigenvalue weighted by atomic mass is 10.3. The number of thiophene rings is 1. The average Bonchev–Trinajstić information content (AvgIpc) is 3.01. The second kappa shape index (κ2) is 6.69. The van der Waals surface area contributed by atoms with E-state index in [0.717, 1.165) is 9.35 Å². The largest absolute Gasteiger partial charge is 0.377 e. The predicted molar refractivity (Wildman–Crippen MR) is 77.4 cm³/mol. The lowest BCUT2D eigenvalue weighted by molar-refractivity contribution is -0.00461. The first-order valence-corrected chi connectivity index (χ1v) is 7.63. The van der Waals surface area contributed by atoms with E-state index in [9.17, 15) is 4.79 Å². The van der Waals surface area contributed by atoms with Crippen molar-refractivity contribution in [2.45, 2.75) is 18.8 Å². The molecule has 2 rings (SSSR count). The van der Waals surface area contributed by atoms with Crippen molar-refractivity contribution in [3.8, 4) is 0 Å². The van der Waals surface area contributed by atoms with Crippen molar-refractivity contribution in [2.75, 3.05) is 27.3 Å². The Kier molecular flexibility index (Phi) is 5.20. The maximum absolute atomic E-state index is 12.1. The molecule has 2 heterocycles. The van der Waals surface area contributed by atoms with Gasteiger partial charge in [0, 0.05) is 20.8 Å². The Bertz CT molecular complexity index is 428. The number of methoxy groups -OCH3 is 2. The first-order valence-electron chi connectivity index (χ1n) is 5.96. The van der Waals surface area contributed by atoms with Gasteiger partial charge in [-0.15, -0.1) is 11.3 Å². The zero-order chi connectivity index (χ0) is 13.8. The van der Waals surface area contributed by atoms with Crippen LogP contribution >= 0.6 is 27.3 Å². The molecule has 19 heavy (non-hydrogen) atoms. The van der Waals surface area contributed by atoms with Crippen LogP contribution in [-0.4, -0.2) is 50.4 Å². The Morgan fingerprint density at radius 2 is 2.11 bits per heavy atom. The van der Waals surface area contributed by atoms with Crippen LogP contribution in [0.5, 0.6) is 0 Å². The fourth-order valence-electron chi connectivity index (χ4n) is 2.09. The van der Waals surface area contributed by atoms with Crippen molar-refractivity contribution in [2.24, 2.45) is 0 Å². The molecule has 0 spiro atoms. The minimum atomic E-state index is -0.0836. The molecule has 106 valence electrons. The summed E-state index contributed by atoms with van der Waals surface area (Å²) in [5, 5.41) is 4.90. The lowest BCUT2D eigenvalue weighted by Crippen LogP contribution is -2.38. The molecule has 5 nitrogen and oxygen atoms in total. The summed E-state index contributed by atoms with van der Waals surface area (Å²) in [6.45, 7) is 1.64. The molecule has 1 aromatic heterocycles. The van der Waals surface area contributed by atoms with Crippen LogP contribution in [0.25, 0.3) is 0 Å². The van der Waals surface area contributed by atoms with Gasteiger partial charge >= 0.3 is 6.03 Å². The quantitative estimate of drug-likeness (QED) is 0.905. The van der Waals surface area contributed by atoms with Gasteiger partial charge in [-0.3, -0.25) is 0 Å². The number of nitrogens with one attached hydrogen (secondary N) is 1. The van der Waals surface area contributed by atoms with E-state index in [1.165, 1.54) is 0 Å². The Hall–Kier alpha value is -0.630. The third-order valence-electron chi connectivity index (χ3n) is 3.23. The average molecular weight is 349 g/mol. The zero-order valence-corrected chi connectivity index (χ0v) is 13.3. The van der Waals surface area contributed by atoms with Gasteiger partial charge in [-0.2, -0.15) is 0 Å². The van der Waals surface area contributed by atoms with Crippen molar-refractivity contribution >= 4 is 33.3 Å². The molecular formula is C12H17BrN2O3S. The number of carbonyl (C=O) groups is 1. The summed E-state index contributed by atoms with van der Waals surface area (Å²) >= 11 is 5.06. The first-order chi connectivity index (χ1) is 9.15. The van der Waals surface area contributed by atoms with E-state index in [1.807, 2.05) is 11.4 Å². The van der Waals surface area contributed by atoms with E-state index in [0.29, 0.717) is 19.6 Å². The highest BCUT2D eigenvalue weighted by atomic mass is 79.9. The Labute approximate surface area is 125 Å². The van der Waals surface area contributed by atoms with Gasteiger partial charge in [0.1, 0.15) is 12.2 Å². The number of hydrogen-bond acceptors (Lipinski definition) is 4. The highest BCUT2D eigenvalue weighted by molar-refractivity contribution is 9.11. The summed E-state index contributed by atoms with van der Waals surface area (Å²) in [6.07, 6.45) is -0.104. The minimum Gasteiger partial charge on any atom is -0.377 e. The molecule has 2 amide bonds. The second-order valence-corrected chi connectivity index (χ2v) is 6.57. The Morgan fingerprint density at radius 3 is 2.58 bits per heavy atom. The molecule has 1 saturated heterocycles. The van der Waals surface area contributed by atoms with Crippen molar-refractivity contribution in [3.05, 3.63) is 20.8 Å². The number of halogens is 1. The third kappa shape index (κ3) is 3.47. The number of hydrogen-bond donors (Lipinski definition) is 1. The molecule has 1 aliphatic rings. The number of rotatable bonds is 4. The number of amides is 2. The Balaban J connectivity index is 1.86. The van der Waals surface area contributed by atoms with E-state index in [4.69, 9.17) is 9.47 Å². The van der Waals surface area contributed by atoms with E-state index >= 15 is 0 Å². The number of carbonyl (C=O) groups excluding carboxylic acids is 1. The summed E-state index contributed by atoms with van der Waals surface area (Å²) in [6, 6.07) is 1.91. The van der Waals surface area contributed by atoms with Gasteiger partial charge in [-0.1, -0.05) is 0 Å². The fourth-order valence-corrected chi connectivity index (χ4v) is 3.33. The van der Waals surface area contributed by atoms with Gasteiger partial charge in [0.15, 0.2) is 0 Å². The molecule has 1 fully saturated rings. The highest BCUT2D eigenvalue weighted by Gasteiger charge is 2.35. The third-order valence-corrected chi connectivity index (χ3v) is 5.04. The monoisotopic (exact) mass is 348 g/mol. The molecule has 0 bridgehead atoms. The topological polar surface area (TPSA) is 50.8 Å². The zero-order valence-electron chi connectivity index (χ0n) is 10.9. The van der Waals surface area contributed by atoms with E-state index in [-0.39, 0.29) is 18.2 Å². The van der Waals surface area contributed by atoms with Crippen LogP contribution in [0.2, 0.25) is 0 Å². The SMILES string of the molecule is CO[C@H]1CN(C(=O)NCc2ccsc2Br)C[C@H]1OC. The maximum atomic E-state index is 12.1. The van der Waals surface area contributed by atoms with Gasteiger partial charge < -0.3 is 19.7 Å². The smallest absolute Gasteiger partial charge is 0.317 e. The van der Waals surface area contributed by atoms with Gasteiger partial charge in [-0.25, -0.2) is 4.79 Å². The number of ether oxygens (including phenoxy) is 2. The van der Waals surface area contributed by atoms with Gasteiger partial charge in [0.05, 0.1) is 16.9 Å². The van der Waals surface area contributed by atoms with Crippen LogP contribution in [0, 0.1) is 0 Å². The van der Waals surface area contributed by atoms with Crippen molar-refractivity contribution in [1.82, 2.24) is 10.2 Å². The van der Waals surface area contributed by atoms with Crippen LogP contribution in [0.3, 0.4) is 0 Å². The molecule has 1 N–H and O–H groups in total. The van der Waals surface area contributed by atoms with Crippen molar-refractivity contribution in [3.63, 3.8) is 0 Å². The molecule has 1 aromatic rings. The van der Waals surface area contributed by atoms with Crippen molar-refractivity contribution in [1.29, 1.82) is 0 Å². The fraction of sp³-hybridized carbons (Fsp3) is 0.583. The number of nitrogens with zero attached hydrogens (tertiary/aromatic N) is 1. The molecule has 2 atom stereocenters. The van der Waals surface area contributed by atoms with Gasteiger partial charge in [0.2, 0.25) is 0 Å². The number of likely N-dealkylation sites (tertiary alicyclic amines) is 1. The summed E-state index contributed by atoms with van der Waals surface area (Å²) in [4.78, 5) is 13.8. The van der Waals surface area contributed by atoms with Crippen molar-refractivity contribution < 1.29 is 14.3 Å². The van der Waals surface area contributed by atoms with Crippen LogP contribution in [0.1, 0.15) is 5.56 Å². The maximum Gasteiger partial charge on any atom is 0.317 e. The molecule has 0 radical (unpaired) electrons. The second-order valence-electron chi connectivity index (χ2n) is 4.33. The molecule has 0 aliphatic carbocycles. The van der Waals surface area contributed by atoms with E-state index in [1.54, 1.807) is 30.5 Å². The molecule has 0 unspecified atom stereocenters. The Morgan fingerprint density at radius 1 is 1.47 bits per heavy atom. The minimum absolute atomic E-state index is 0.0522. The van der Waals surface area contributed by atoms with Crippen LogP contribution in [0.4, 0.5) is 4.79 Å². The first kappa shape index (κ1) is 14.8. The normalized spacial score (nSPS) is 22.8. The predicted octanol–water partition coefficient (Wildman–Crippen LogP) is 2.07. The van der Waals surface area contributed by atoms with Gasteiger partial charge in [0.25, 0.3) is 0 Å². The molecule has 7 heteroatoms. The summed E-state index contributed by atoms with van der Waals surface area (Å²) in [5.74, 6) is 0. The van der Waals surface area contributed by atoms with Gasteiger partial charge in [-0.05, 0) is 32.9 Å².